The number of anilines is 1. The predicted molar refractivity (Wildman–Crippen MR) is 129 cm³/mol. The minimum Gasteiger partial charge on any atom is -0.387 e. The van der Waals surface area contributed by atoms with Crippen LogP contribution in [0.2, 0.25) is 0 Å². The molecular weight excluding hydrogens is 614 g/mol. The van der Waals surface area contributed by atoms with Crippen molar-refractivity contribution < 1.29 is 70.2 Å². The number of aliphatic hydroxyl groups is 2. The maximum Gasteiger partial charge on any atom is 0.490 e. The van der Waals surface area contributed by atoms with Crippen molar-refractivity contribution in [1.82, 2.24) is 19.5 Å². The zero-order valence-electron chi connectivity index (χ0n) is 20.0. The zero-order valence-corrected chi connectivity index (χ0v) is 23.6. The average Bonchev–Trinajstić information content (AvgIpc) is 3.32. The standard InChI is InChI=1S/C15H27N5O15P4/c1-2-3-4-5-36(23,24)33-38(27,28)35-39(29,30)34-37(25,26)31-6-9-11(21)12(22)15(32-9)20-8-19-10-13(16)17-7-18-14(10)20/h7-9,11-12,15,21-22H,2-6H2,1H3,(H,23,24)(H,25,26)(H,27,28)(H,29,30)(H2,16,17,18)/t9-,11-,12-,15-/m1/s1. The van der Waals surface area contributed by atoms with Crippen LogP contribution < -0.4 is 5.73 Å². The van der Waals surface area contributed by atoms with Crippen LogP contribution >= 0.6 is 31.1 Å². The molecule has 2 aromatic heterocycles. The zero-order chi connectivity index (χ0) is 29.2. The van der Waals surface area contributed by atoms with Crippen molar-refractivity contribution >= 4 is 48.0 Å². The number of aromatic nitrogens is 4. The summed E-state index contributed by atoms with van der Waals surface area (Å²) >= 11 is 0. The van der Waals surface area contributed by atoms with Crippen LogP contribution in [0.3, 0.4) is 0 Å². The van der Waals surface area contributed by atoms with E-state index in [1.807, 2.05) is 0 Å². The molecule has 0 aromatic carbocycles. The predicted octanol–water partition coefficient (Wildman–Crippen LogP) is 0.771. The lowest BCUT2D eigenvalue weighted by Crippen LogP contribution is -2.33. The monoisotopic (exact) mass is 641 g/mol. The topological polar surface area (TPSA) is 305 Å². The number of nitrogens with zero attached hydrogens (tertiary/aromatic N) is 4. The van der Waals surface area contributed by atoms with Gasteiger partial charge in [0.1, 0.15) is 30.2 Å². The Kier molecular flexibility index (Phi) is 10.3. The first-order valence-corrected chi connectivity index (χ1v) is 17.2. The van der Waals surface area contributed by atoms with E-state index in [-0.39, 0.29) is 23.4 Å². The van der Waals surface area contributed by atoms with Gasteiger partial charge in [0, 0.05) is 0 Å². The molecule has 1 aliphatic heterocycles. The number of rotatable bonds is 14. The summed E-state index contributed by atoms with van der Waals surface area (Å²) in [6.07, 6.45) is -3.22. The fraction of sp³-hybridized carbons (Fsp3) is 0.667. The van der Waals surface area contributed by atoms with Gasteiger partial charge in [0.25, 0.3) is 0 Å². The molecule has 0 spiro atoms. The Morgan fingerprint density at radius 2 is 1.59 bits per heavy atom. The lowest BCUT2D eigenvalue weighted by atomic mass is 10.1. The van der Waals surface area contributed by atoms with E-state index in [4.69, 9.17) is 10.5 Å². The highest BCUT2D eigenvalue weighted by Crippen LogP contribution is 2.71. The van der Waals surface area contributed by atoms with Gasteiger partial charge in [-0.05, 0) is 6.42 Å². The van der Waals surface area contributed by atoms with E-state index in [1.165, 1.54) is 10.9 Å². The molecule has 0 aliphatic carbocycles. The number of nitrogen functional groups attached to an aromatic ring is 1. The molecule has 20 nitrogen and oxygen atoms in total. The summed E-state index contributed by atoms with van der Waals surface area (Å²) in [5.74, 6) is 0.0248. The van der Waals surface area contributed by atoms with E-state index in [0.29, 0.717) is 12.8 Å². The molecule has 0 radical (unpaired) electrons. The van der Waals surface area contributed by atoms with Gasteiger partial charge in [0.15, 0.2) is 17.7 Å². The Morgan fingerprint density at radius 3 is 2.26 bits per heavy atom. The highest BCUT2D eigenvalue weighted by molar-refractivity contribution is 7.70. The normalized spacial score (nSPS) is 28.0. The second kappa shape index (κ2) is 12.4. The molecule has 3 heterocycles. The second-order valence-corrected chi connectivity index (χ2v) is 14.9. The smallest absolute Gasteiger partial charge is 0.387 e. The summed E-state index contributed by atoms with van der Waals surface area (Å²) in [6, 6.07) is 0. The van der Waals surface area contributed by atoms with E-state index < -0.39 is 68.4 Å². The van der Waals surface area contributed by atoms with Gasteiger partial charge in [0.05, 0.1) is 19.1 Å². The van der Waals surface area contributed by atoms with Crippen LogP contribution in [0.15, 0.2) is 12.7 Å². The number of phosphoric acid groups is 3. The molecule has 1 saturated heterocycles. The first-order chi connectivity index (χ1) is 18.0. The van der Waals surface area contributed by atoms with Gasteiger partial charge in [0.2, 0.25) is 0 Å². The number of imidazole rings is 1. The van der Waals surface area contributed by atoms with Gasteiger partial charge in [-0.25, -0.2) is 33.0 Å². The molecule has 8 N–H and O–H groups in total. The summed E-state index contributed by atoms with van der Waals surface area (Å²) in [4.78, 5) is 50.3. The summed E-state index contributed by atoms with van der Waals surface area (Å²) < 4.78 is 71.0. The molecule has 24 heteroatoms. The Bertz CT molecular complexity index is 1360. The van der Waals surface area contributed by atoms with Crippen LogP contribution in [0.25, 0.3) is 11.2 Å². The number of ether oxygens (including phenoxy) is 1. The van der Waals surface area contributed by atoms with Crippen LogP contribution in [0.4, 0.5) is 5.82 Å². The van der Waals surface area contributed by atoms with Gasteiger partial charge in [-0.1, -0.05) is 19.8 Å². The summed E-state index contributed by atoms with van der Waals surface area (Å²) in [5.41, 5.74) is 6.00. The molecule has 0 bridgehead atoms. The maximum atomic E-state index is 12.2. The molecule has 8 atom stereocenters. The van der Waals surface area contributed by atoms with Gasteiger partial charge in [-0.3, -0.25) is 13.7 Å². The molecular formula is C15H27N5O15P4. The van der Waals surface area contributed by atoms with Gasteiger partial charge in [-0.15, -0.1) is 0 Å². The SMILES string of the molecule is CCCCCP(=O)(O)OP(=O)(O)OP(=O)(O)OP(=O)(O)OC[C@H]1O[C@@H](n2cnc3c(N)ncnc32)[C@H](O)[C@@H]1O. The van der Waals surface area contributed by atoms with Crippen LogP contribution in [0.1, 0.15) is 32.4 Å². The van der Waals surface area contributed by atoms with E-state index in [9.17, 15) is 48.0 Å². The lowest BCUT2D eigenvalue weighted by molar-refractivity contribution is -0.0503. The van der Waals surface area contributed by atoms with Crippen LogP contribution in [-0.2, 0) is 40.5 Å². The third kappa shape index (κ3) is 8.66. The fourth-order valence-corrected chi connectivity index (χ4v) is 9.02. The molecule has 0 saturated carbocycles. The number of nitrogens with two attached hydrogens (primary N) is 1. The largest absolute Gasteiger partial charge is 0.490 e. The molecule has 3 rings (SSSR count). The number of fused-ring (bicyclic) bond motifs is 1. The van der Waals surface area contributed by atoms with Crippen molar-refractivity contribution in [3.63, 3.8) is 0 Å². The minimum atomic E-state index is -5.93. The number of unbranched alkanes of at least 4 members (excludes halogenated alkanes) is 2. The van der Waals surface area contributed by atoms with Crippen LogP contribution in [0.5, 0.6) is 0 Å². The van der Waals surface area contributed by atoms with Crippen molar-refractivity contribution in [1.29, 1.82) is 0 Å². The summed E-state index contributed by atoms with van der Waals surface area (Å²) in [7, 11) is -22.0. The summed E-state index contributed by atoms with van der Waals surface area (Å²) in [5, 5.41) is 20.7. The lowest BCUT2D eigenvalue weighted by Gasteiger charge is -2.21. The number of phosphoric ester groups is 1. The Labute approximate surface area is 220 Å². The van der Waals surface area contributed by atoms with Crippen molar-refractivity contribution in [3.05, 3.63) is 12.7 Å². The van der Waals surface area contributed by atoms with Gasteiger partial charge < -0.3 is 40.3 Å². The molecule has 1 fully saturated rings. The first kappa shape index (κ1) is 32.3. The van der Waals surface area contributed by atoms with Crippen molar-refractivity contribution in [2.45, 2.75) is 50.7 Å². The Balaban J connectivity index is 1.60. The molecule has 4 unspecified atom stereocenters. The number of hydrogen-bond acceptors (Lipinski definition) is 15. The van der Waals surface area contributed by atoms with Crippen molar-refractivity contribution in [3.8, 4) is 0 Å². The van der Waals surface area contributed by atoms with Gasteiger partial charge >= 0.3 is 31.1 Å². The van der Waals surface area contributed by atoms with E-state index in [2.05, 4.69) is 32.4 Å². The first-order valence-electron chi connectivity index (χ1n) is 11.0. The third-order valence-corrected chi connectivity index (χ3v) is 11.6. The molecule has 1 aliphatic rings. The number of aliphatic hydroxyl groups excluding tert-OH is 2. The molecule has 222 valence electrons. The highest BCUT2D eigenvalue weighted by atomic mass is 31.3. The van der Waals surface area contributed by atoms with Crippen molar-refractivity contribution in [2.24, 2.45) is 0 Å². The molecule has 39 heavy (non-hydrogen) atoms. The van der Waals surface area contributed by atoms with Crippen LogP contribution in [-0.4, -0.2) is 80.4 Å². The van der Waals surface area contributed by atoms with E-state index in [1.54, 1.807) is 6.92 Å². The highest BCUT2D eigenvalue weighted by Gasteiger charge is 2.48. The molecule has 2 aromatic rings. The average molecular weight is 641 g/mol. The van der Waals surface area contributed by atoms with Gasteiger partial charge in [-0.2, -0.15) is 8.62 Å². The number of hydrogen-bond donors (Lipinski definition) is 7. The van der Waals surface area contributed by atoms with E-state index in [0.717, 1.165) is 6.33 Å². The van der Waals surface area contributed by atoms with Crippen LogP contribution in [0, 0.1) is 0 Å². The molecule has 0 amide bonds. The minimum absolute atomic E-state index is 0.0248. The maximum absolute atomic E-state index is 12.2. The Hall–Kier alpha value is -1.17. The fourth-order valence-electron chi connectivity index (χ4n) is 3.40. The second-order valence-electron chi connectivity index (χ2n) is 8.14. The summed E-state index contributed by atoms with van der Waals surface area (Å²) in [6.45, 7) is 0.772. The van der Waals surface area contributed by atoms with E-state index >= 15 is 0 Å². The Morgan fingerprint density at radius 1 is 0.949 bits per heavy atom. The third-order valence-electron chi connectivity index (χ3n) is 5.09. The quantitative estimate of drug-likeness (QED) is 0.111. The van der Waals surface area contributed by atoms with Crippen molar-refractivity contribution in [2.75, 3.05) is 18.5 Å².